The average molecular weight is 365 g/mol. The van der Waals surface area contributed by atoms with Gasteiger partial charge in [0.15, 0.2) is 0 Å². The Morgan fingerprint density at radius 2 is 1.67 bits per heavy atom. The minimum Gasteiger partial charge on any atom is -0.491 e. The third-order valence-corrected chi connectivity index (χ3v) is 4.23. The number of benzene rings is 2. The van der Waals surface area contributed by atoms with Gasteiger partial charge in [-0.15, -0.1) is 0 Å². The molecule has 3 aromatic rings. The van der Waals surface area contributed by atoms with Crippen LogP contribution in [0, 0.1) is 5.92 Å². The number of aromatic nitrogens is 2. The van der Waals surface area contributed by atoms with E-state index in [1.54, 1.807) is 0 Å². The van der Waals surface area contributed by atoms with E-state index in [1.807, 2.05) is 56.3 Å². The Morgan fingerprint density at radius 3 is 2.30 bits per heavy atom. The maximum absolute atomic E-state index is 5.69. The van der Waals surface area contributed by atoms with E-state index in [0.717, 1.165) is 11.3 Å². The summed E-state index contributed by atoms with van der Waals surface area (Å²) in [6.45, 7) is 9.05. The Hall–Kier alpha value is -2.66. The van der Waals surface area contributed by atoms with Crippen molar-refractivity contribution in [3.8, 4) is 17.1 Å². The van der Waals surface area contributed by atoms with Crippen LogP contribution < -0.4 is 10.1 Å². The fourth-order valence-electron chi connectivity index (χ4n) is 2.86. The predicted molar refractivity (Wildman–Crippen MR) is 106 cm³/mol. The highest BCUT2D eigenvalue weighted by molar-refractivity contribution is 5.53. The summed E-state index contributed by atoms with van der Waals surface area (Å²) in [4.78, 5) is 4.60. The largest absolute Gasteiger partial charge is 0.491 e. The second kappa shape index (κ2) is 8.82. The molecule has 0 aliphatic heterocycles. The number of rotatable bonds is 8. The lowest BCUT2D eigenvalue weighted by Crippen LogP contribution is -2.25. The first-order valence-electron chi connectivity index (χ1n) is 9.41. The minimum absolute atomic E-state index is 0.0125. The Bertz CT molecular complexity index is 826. The molecule has 142 valence electrons. The maximum atomic E-state index is 5.69. The first kappa shape index (κ1) is 19.1. The van der Waals surface area contributed by atoms with Crippen molar-refractivity contribution in [2.45, 2.75) is 46.4 Å². The quantitative estimate of drug-likeness (QED) is 0.608. The molecule has 1 heterocycles. The van der Waals surface area contributed by atoms with Crippen LogP contribution in [0.2, 0.25) is 0 Å². The van der Waals surface area contributed by atoms with Gasteiger partial charge >= 0.3 is 0 Å². The van der Waals surface area contributed by atoms with E-state index in [4.69, 9.17) is 9.26 Å². The standard InChI is InChI=1S/C22H27N3O2/c1-15(2)20(22-24-21(25-27-22)18-8-6-5-7-9-18)23-14-17-10-12-19(13-11-17)26-16(3)4/h5-13,15-16,20,23H,14H2,1-4H3/t20-/m0/s1. The lowest BCUT2D eigenvalue weighted by atomic mass is 10.0. The molecule has 0 aliphatic rings. The normalized spacial score (nSPS) is 12.5. The molecule has 0 saturated carbocycles. The minimum atomic E-state index is -0.0125. The van der Waals surface area contributed by atoms with Gasteiger partial charge in [0, 0.05) is 12.1 Å². The highest BCUT2D eigenvalue weighted by atomic mass is 16.5. The van der Waals surface area contributed by atoms with Gasteiger partial charge in [-0.1, -0.05) is 61.5 Å². The van der Waals surface area contributed by atoms with E-state index in [1.165, 1.54) is 5.56 Å². The van der Waals surface area contributed by atoms with Crippen molar-refractivity contribution in [2.75, 3.05) is 0 Å². The van der Waals surface area contributed by atoms with Crippen molar-refractivity contribution < 1.29 is 9.26 Å². The Balaban J connectivity index is 1.67. The van der Waals surface area contributed by atoms with Gasteiger partial charge < -0.3 is 14.6 Å². The van der Waals surface area contributed by atoms with Crippen molar-refractivity contribution in [1.29, 1.82) is 0 Å². The molecular formula is C22H27N3O2. The summed E-state index contributed by atoms with van der Waals surface area (Å²) in [5.74, 6) is 2.44. The summed E-state index contributed by atoms with van der Waals surface area (Å²) in [6, 6.07) is 18.0. The molecule has 1 N–H and O–H groups in total. The molecule has 0 spiro atoms. The summed E-state index contributed by atoms with van der Waals surface area (Å²) >= 11 is 0. The van der Waals surface area contributed by atoms with Crippen LogP contribution in [0.5, 0.6) is 5.75 Å². The SMILES string of the molecule is CC(C)Oc1ccc(CN[C@H](c2nc(-c3ccccc3)no2)C(C)C)cc1. The molecule has 27 heavy (non-hydrogen) atoms. The molecule has 5 nitrogen and oxygen atoms in total. The Labute approximate surface area is 160 Å². The van der Waals surface area contributed by atoms with Crippen LogP contribution in [0.1, 0.15) is 45.2 Å². The molecule has 1 aromatic heterocycles. The van der Waals surface area contributed by atoms with Gasteiger partial charge in [-0.05, 0) is 37.5 Å². The number of nitrogens with one attached hydrogen (secondary N) is 1. The maximum Gasteiger partial charge on any atom is 0.244 e. The van der Waals surface area contributed by atoms with E-state index >= 15 is 0 Å². The average Bonchev–Trinajstić information content (AvgIpc) is 3.13. The summed E-state index contributed by atoms with van der Waals surface area (Å²) in [7, 11) is 0. The molecule has 0 unspecified atom stereocenters. The van der Waals surface area contributed by atoms with Crippen LogP contribution in [0.25, 0.3) is 11.4 Å². The molecule has 5 heteroatoms. The monoisotopic (exact) mass is 365 g/mol. The third kappa shape index (κ3) is 5.17. The summed E-state index contributed by atoms with van der Waals surface area (Å²) < 4.78 is 11.2. The van der Waals surface area contributed by atoms with Crippen LogP contribution in [0.4, 0.5) is 0 Å². The van der Waals surface area contributed by atoms with Gasteiger partial charge in [0.1, 0.15) is 5.75 Å². The van der Waals surface area contributed by atoms with E-state index in [0.29, 0.717) is 24.2 Å². The molecule has 0 amide bonds. The highest BCUT2D eigenvalue weighted by Crippen LogP contribution is 2.24. The van der Waals surface area contributed by atoms with Crippen molar-refractivity contribution in [3.05, 3.63) is 66.1 Å². The Kier molecular flexibility index (Phi) is 6.24. The fraction of sp³-hybridized carbons (Fsp3) is 0.364. The number of nitrogens with zero attached hydrogens (tertiary/aromatic N) is 2. The molecule has 2 aromatic carbocycles. The zero-order valence-electron chi connectivity index (χ0n) is 16.3. The second-order valence-electron chi connectivity index (χ2n) is 7.24. The fourth-order valence-corrected chi connectivity index (χ4v) is 2.86. The van der Waals surface area contributed by atoms with E-state index in [-0.39, 0.29) is 12.1 Å². The second-order valence-corrected chi connectivity index (χ2v) is 7.24. The number of hydrogen-bond donors (Lipinski definition) is 1. The molecule has 0 aliphatic carbocycles. The summed E-state index contributed by atoms with van der Waals surface area (Å²) in [6.07, 6.45) is 0.177. The van der Waals surface area contributed by atoms with Crippen LogP contribution >= 0.6 is 0 Å². The van der Waals surface area contributed by atoms with E-state index in [2.05, 4.69) is 41.4 Å². The van der Waals surface area contributed by atoms with Crippen LogP contribution in [-0.4, -0.2) is 16.2 Å². The zero-order valence-corrected chi connectivity index (χ0v) is 16.3. The smallest absolute Gasteiger partial charge is 0.244 e. The van der Waals surface area contributed by atoms with Gasteiger partial charge in [0.05, 0.1) is 12.1 Å². The molecule has 0 bridgehead atoms. The molecule has 0 fully saturated rings. The molecule has 3 rings (SSSR count). The van der Waals surface area contributed by atoms with Gasteiger partial charge in [-0.2, -0.15) is 4.98 Å². The predicted octanol–water partition coefficient (Wildman–Crippen LogP) is 5.01. The van der Waals surface area contributed by atoms with Crippen LogP contribution in [0.15, 0.2) is 59.1 Å². The summed E-state index contributed by atoms with van der Waals surface area (Å²) in [5, 5.41) is 7.68. The number of hydrogen-bond acceptors (Lipinski definition) is 5. The molecule has 0 radical (unpaired) electrons. The van der Waals surface area contributed by atoms with E-state index in [9.17, 15) is 0 Å². The van der Waals surface area contributed by atoms with Crippen molar-refractivity contribution >= 4 is 0 Å². The molecular weight excluding hydrogens is 338 g/mol. The molecule has 1 atom stereocenters. The Morgan fingerprint density at radius 1 is 0.963 bits per heavy atom. The summed E-state index contributed by atoms with van der Waals surface area (Å²) in [5.41, 5.74) is 2.13. The topological polar surface area (TPSA) is 60.2 Å². The first-order chi connectivity index (χ1) is 13.0. The third-order valence-electron chi connectivity index (χ3n) is 4.23. The van der Waals surface area contributed by atoms with Crippen LogP contribution in [0.3, 0.4) is 0 Å². The van der Waals surface area contributed by atoms with Crippen molar-refractivity contribution in [3.63, 3.8) is 0 Å². The molecule has 0 saturated heterocycles. The van der Waals surface area contributed by atoms with Gasteiger partial charge in [0.25, 0.3) is 0 Å². The van der Waals surface area contributed by atoms with Gasteiger partial charge in [-0.25, -0.2) is 0 Å². The van der Waals surface area contributed by atoms with Gasteiger partial charge in [0.2, 0.25) is 11.7 Å². The number of ether oxygens (including phenoxy) is 1. The van der Waals surface area contributed by atoms with Crippen molar-refractivity contribution in [1.82, 2.24) is 15.5 Å². The lowest BCUT2D eigenvalue weighted by Gasteiger charge is -2.18. The lowest BCUT2D eigenvalue weighted by molar-refractivity contribution is 0.242. The van der Waals surface area contributed by atoms with Crippen LogP contribution in [-0.2, 0) is 6.54 Å². The van der Waals surface area contributed by atoms with Crippen molar-refractivity contribution in [2.24, 2.45) is 5.92 Å². The van der Waals surface area contributed by atoms with Gasteiger partial charge in [-0.3, -0.25) is 0 Å². The van der Waals surface area contributed by atoms with E-state index < -0.39 is 0 Å². The first-order valence-corrected chi connectivity index (χ1v) is 9.41. The zero-order chi connectivity index (χ0) is 19.2. The highest BCUT2D eigenvalue weighted by Gasteiger charge is 2.22.